The Hall–Kier alpha value is -0.970. The number of nitrogens with zero attached hydrogens (tertiary/aromatic N) is 1. The summed E-state index contributed by atoms with van der Waals surface area (Å²) in [6, 6.07) is 0.752. The van der Waals surface area contributed by atoms with Crippen molar-refractivity contribution in [1.29, 1.82) is 0 Å². The molecule has 2 rings (SSSR count). The highest BCUT2D eigenvalue weighted by atomic mass is 35.5. The van der Waals surface area contributed by atoms with Crippen LogP contribution in [-0.2, 0) is 9.53 Å². The smallest absolute Gasteiger partial charge is 0.410 e. The third kappa shape index (κ3) is 5.04. The molecule has 0 spiro atoms. The van der Waals surface area contributed by atoms with Gasteiger partial charge in [0.15, 0.2) is 0 Å². The molecule has 0 atom stereocenters. The zero-order chi connectivity index (χ0) is 16.3. The predicted molar refractivity (Wildman–Crippen MR) is 86.0 cm³/mol. The lowest BCUT2D eigenvalue weighted by Crippen LogP contribution is -2.48. The first-order chi connectivity index (χ1) is 10.3. The number of amides is 2. The van der Waals surface area contributed by atoms with Gasteiger partial charge in [-0.1, -0.05) is 0 Å². The van der Waals surface area contributed by atoms with E-state index in [9.17, 15) is 9.59 Å². The molecule has 0 aliphatic heterocycles. The first-order valence-corrected chi connectivity index (χ1v) is 8.70. The molecule has 2 amide bonds. The number of nitrogens with one attached hydrogen (secondary N) is 1. The molecular formula is C16H27ClN2O3. The van der Waals surface area contributed by atoms with E-state index in [0.29, 0.717) is 6.04 Å². The van der Waals surface area contributed by atoms with Crippen molar-refractivity contribution < 1.29 is 14.3 Å². The summed E-state index contributed by atoms with van der Waals surface area (Å²) in [6.07, 6.45) is 5.54. The van der Waals surface area contributed by atoms with Crippen molar-refractivity contribution in [1.82, 2.24) is 10.2 Å². The first kappa shape index (κ1) is 17.4. The first-order valence-electron chi connectivity index (χ1n) is 8.17. The molecular weight excluding hydrogens is 304 g/mol. The standard InChI is InChI=1S/C16H27ClN2O3/c1-16(2,3)22-15(21)19(13-8-9-13)12-6-4-11(5-7-12)18-14(20)10-17/h11-13H,4-10H2,1-3H3,(H,18,20). The molecule has 0 aromatic heterocycles. The minimum Gasteiger partial charge on any atom is -0.444 e. The summed E-state index contributed by atoms with van der Waals surface area (Å²) >= 11 is 5.52. The monoisotopic (exact) mass is 330 g/mol. The van der Waals surface area contributed by atoms with Crippen LogP contribution < -0.4 is 5.32 Å². The Kier molecular flexibility index (Phi) is 5.59. The number of alkyl halides is 1. The average molecular weight is 331 g/mol. The molecule has 2 fully saturated rings. The number of carbonyl (C=O) groups is 2. The zero-order valence-electron chi connectivity index (χ0n) is 13.7. The molecule has 0 heterocycles. The van der Waals surface area contributed by atoms with E-state index in [1.807, 2.05) is 25.7 Å². The Labute approximate surface area is 137 Å². The lowest BCUT2D eigenvalue weighted by molar-refractivity contribution is -0.119. The number of halogens is 1. The van der Waals surface area contributed by atoms with Crippen molar-refractivity contribution in [2.24, 2.45) is 0 Å². The van der Waals surface area contributed by atoms with Gasteiger partial charge in [0.1, 0.15) is 11.5 Å². The maximum atomic E-state index is 12.5. The van der Waals surface area contributed by atoms with Crippen LogP contribution in [0.5, 0.6) is 0 Å². The fourth-order valence-electron chi connectivity index (χ4n) is 3.03. The highest BCUT2D eigenvalue weighted by molar-refractivity contribution is 6.27. The summed E-state index contributed by atoms with van der Waals surface area (Å²) in [5.74, 6) is -0.109. The summed E-state index contributed by atoms with van der Waals surface area (Å²) in [5, 5.41) is 2.93. The average Bonchev–Trinajstić information content (AvgIpc) is 3.23. The van der Waals surface area contributed by atoms with Crippen LogP contribution in [0, 0.1) is 0 Å². The van der Waals surface area contributed by atoms with E-state index in [0.717, 1.165) is 38.5 Å². The number of hydrogen-bond donors (Lipinski definition) is 1. The topological polar surface area (TPSA) is 58.6 Å². The van der Waals surface area contributed by atoms with Crippen LogP contribution in [-0.4, -0.2) is 46.5 Å². The van der Waals surface area contributed by atoms with Crippen LogP contribution in [0.2, 0.25) is 0 Å². The van der Waals surface area contributed by atoms with Gasteiger partial charge in [-0.3, -0.25) is 4.79 Å². The van der Waals surface area contributed by atoms with Gasteiger partial charge in [-0.2, -0.15) is 0 Å². The summed E-state index contributed by atoms with van der Waals surface area (Å²) in [4.78, 5) is 25.8. The number of ether oxygens (including phenoxy) is 1. The molecule has 0 aromatic rings. The molecule has 2 aliphatic carbocycles. The van der Waals surface area contributed by atoms with Crippen molar-refractivity contribution >= 4 is 23.6 Å². The number of rotatable bonds is 4. The van der Waals surface area contributed by atoms with Crippen molar-refractivity contribution in [3.63, 3.8) is 0 Å². The van der Waals surface area contributed by atoms with Gasteiger partial charge in [0, 0.05) is 18.1 Å². The molecule has 2 aliphatic rings. The molecule has 0 saturated heterocycles. The third-order valence-electron chi connectivity index (χ3n) is 4.12. The molecule has 2 saturated carbocycles. The molecule has 0 aromatic carbocycles. The van der Waals surface area contributed by atoms with Crippen molar-refractivity contribution in [3.05, 3.63) is 0 Å². The van der Waals surface area contributed by atoms with E-state index in [1.165, 1.54) is 0 Å². The SMILES string of the molecule is CC(C)(C)OC(=O)N(C1CCC(NC(=O)CCl)CC1)C1CC1. The highest BCUT2D eigenvalue weighted by Crippen LogP contribution is 2.35. The predicted octanol–water partition coefficient (Wildman–Crippen LogP) is 3.05. The van der Waals surface area contributed by atoms with Gasteiger partial charge >= 0.3 is 6.09 Å². The van der Waals surface area contributed by atoms with Gasteiger partial charge in [0.05, 0.1) is 0 Å². The Morgan fingerprint density at radius 1 is 1.09 bits per heavy atom. The fourth-order valence-corrected chi connectivity index (χ4v) is 3.11. The maximum Gasteiger partial charge on any atom is 0.410 e. The Morgan fingerprint density at radius 2 is 1.59 bits per heavy atom. The lowest BCUT2D eigenvalue weighted by Gasteiger charge is -2.38. The molecule has 0 radical (unpaired) electrons. The fraction of sp³-hybridized carbons (Fsp3) is 0.875. The van der Waals surface area contributed by atoms with Crippen LogP contribution in [0.15, 0.2) is 0 Å². The maximum absolute atomic E-state index is 12.5. The molecule has 22 heavy (non-hydrogen) atoms. The molecule has 5 nitrogen and oxygen atoms in total. The van der Waals surface area contributed by atoms with E-state index in [2.05, 4.69) is 5.32 Å². The van der Waals surface area contributed by atoms with E-state index in [1.54, 1.807) is 0 Å². The zero-order valence-corrected chi connectivity index (χ0v) is 14.5. The van der Waals surface area contributed by atoms with Gasteiger partial charge in [-0.05, 0) is 59.3 Å². The van der Waals surface area contributed by atoms with Crippen LogP contribution in [0.4, 0.5) is 4.79 Å². The van der Waals surface area contributed by atoms with E-state index >= 15 is 0 Å². The van der Waals surface area contributed by atoms with Gasteiger partial charge in [-0.25, -0.2) is 4.79 Å². The Balaban J connectivity index is 1.89. The second-order valence-corrected chi connectivity index (χ2v) is 7.59. The van der Waals surface area contributed by atoms with E-state index in [-0.39, 0.29) is 30.0 Å². The summed E-state index contributed by atoms with van der Waals surface area (Å²) in [6.45, 7) is 5.69. The Bertz CT molecular complexity index is 410. The molecule has 0 bridgehead atoms. The second kappa shape index (κ2) is 7.07. The molecule has 0 unspecified atom stereocenters. The van der Waals surface area contributed by atoms with Gasteiger partial charge in [0.25, 0.3) is 0 Å². The largest absolute Gasteiger partial charge is 0.444 e. The second-order valence-electron chi connectivity index (χ2n) is 7.33. The quantitative estimate of drug-likeness (QED) is 0.806. The summed E-state index contributed by atoms with van der Waals surface area (Å²) in [7, 11) is 0. The summed E-state index contributed by atoms with van der Waals surface area (Å²) < 4.78 is 5.56. The molecule has 126 valence electrons. The van der Waals surface area contributed by atoms with Gasteiger partial charge < -0.3 is 15.0 Å². The van der Waals surface area contributed by atoms with Crippen LogP contribution in [0.1, 0.15) is 59.3 Å². The lowest BCUT2D eigenvalue weighted by atomic mass is 9.90. The minimum atomic E-state index is -0.463. The van der Waals surface area contributed by atoms with Gasteiger partial charge in [0.2, 0.25) is 5.91 Å². The van der Waals surface area contributed by atoms with E-state index < -0.39 is 5.60 Å². The highest BCUT2D eigenvalue weighted by Gasteiger charge is 2.40. The number of hydrogen-bond acceptors (Lipinski definition) is 3. The van der Waals surface area contributed by atoms with Crippen molar-refractivity contribution in [2.75, 3.05) is 5.88 Å². The van der Waals surface area contributed by atoms with Gasteiger partial charge in [-0.15, -0.1) is 11.6 Å². The van der Waals surface area contributed by atoms with Crippen LogP contribution in [0.25, 0.3) is 0 Å². The number of carbonyl (C=O) groups excluding carboxylic acids is 2. The molecule has 1 N–H and O–H groups in total. The third-order valence-corrected chi connectivity index (χ3v) is 4.36. The molecule has 6 heteroatoms. The van der Waals surface area contributed by atoms with Crippen molar-refractivity contribution in [2.45, 2.75) is 83.0 Å². The van der Waals surface area contributed by atoms with E-state index in [4.69, 9.17) is 16.3 Å². The Morgan fingerprint density at radius 3 is 2.00 bits per heavy atom. The summed E-state index contributed by atoms with van der Waals surface area (Å²) in [5.41, 5.74) is -0.463. The minimum absolute atomic E-state index is 0.00599. The van der Waals surface area contributed by atoms with Crippen LogP contribution >= 0.6 is 11.6 Å². The van der Waals surface area contributed by atoms with Crippen molar-refractivity contribution in [3.8, 4) is 0 Å². The normalized spacial score (nSPS) is 25.5. The van der Waals surface area contributed by atoms with Crippen LogP contribution in [0.3, 0.4) is 0 Å².